The van der Waals surface area contributed by atoms with Gasteiger partial charge in [-0.1, -0.05) is 48.0 Å². The van der Waals surface area contributed by atoms with E-state index in [2.05, 4.69) is 6.07 Å². The lowest BCUT2D eigenvalue weighted by Gasteiger charge is -2.09. The number of hydrogen-bond donors (Lipinski definition) is 1. The van der Waals surface area contributed by atoms with E-state index in [1.54, 1.807) is 18.2 Å². The Hall–Kier alpha value is -2.61. The van der Waals surface area contributed by atoms with Gasteiger partial charge in [-0.2, -0.15) is 0 Å². The Morgan fingerprint density at radius 1 is 0.864 bits per heavy atom. The smallest absolute Gasteiger partial charge is 0.123 e. The average molecular weight is 292 g/mol. The van der Waals surface area contributed by atoms with Crippen molar-refractivity contribution in [3.05, 3.63) is 89.2 Å². The fourth-order valence-electron chi connectivity index (χ4n) is 2.57. The second kappa shape index (κ2) is 6.02. The molecule has 0 heterocycles. The first-order valence-corrected chi connectivity index (χ1v) is 7.25. The van der Waals surface area contributed by atoms with E-state index in [9.17, 15) is 9.50 Å². The molecule has 0 unspecified atom stereocenters. The fourth-order valence-corrected chi connectivity index (χ4v) is 2.57. The summed E-state index contributed by atoms with van der Waals surface area (Å²) in [6.45, 7) is 2.03. The number of phenolic OH excluding ortho intramolecular Hbond substituents is 1. The zero-order chi connectivity index (χ0) is 15.5. The molecule has 0 aromatic heterocycles. The van der Waals surface area contributed by atoms with Crippen molar-refractivity contribution in [3.8, 4) is 16.9 Å². The van der Waals surface area contributed by atoms with E-state index < -0.39 is 0 Å². The molecular formula is C20H17FO. The SMILES string of the molecule is Cc1cccc(-c2cc(Cc3ccc(F)cc3)ccc2O)c1. The standard InChI is InChI=1S/C20H17FO/c1-14-3-2-4-17(11-14)19-13-16(7-10-20(19)22)12-15-5-8-18(21)9-6-15/h2-11,13,22H,12H2,1H3. The quantitative estimate of drug-likeness (QED) is 0.712. The van der Waals surface area contributed by atoms with E-state index in [4.69, 9.17) is 0 Å². The van der Waals surface area contributed by atoms with Crippen LogP contribution in [-0.2, 0) is 6.42 Å². The molecule has 3 rings (SSSR count). The topological polar surface area (TPSA) is 20.2 Å². The van der Waals surface area contributed by atoms with Crippen LogP contribution in [0.5, 0.6) is 5.75 Å². The Bertz CT molecular complexity index is 791. The molecule has 0 spiro atoms. The molecule has 3 aromatic rings. The van der Waals surface area contributed by atoms with Gasteiger partial charge in [-0.05, 0) is 54.3 Å². The van der Waals surface area contributed by atoms with Gasteiger partial charge in [0.1, 0.15) is 11.6 Å². The van der Waals surface area contributed by atoms with Crippen LogP contribution < -0.4 is 0 Å². The summed E-state index contributed by atoms with van der Waals surface area (Å²) in [5.41, 5.74) is 5.10. The van der Waals surface area contributed by atoms with Crippen LogP contribution in [0.25, 0.3) is 11.1 Å². The molecule has 0 aliphatic carbocycles. The van der Waals surface area contributed by atoms with Crippen LogP contribution in [0, 0.1) is 12.7 Å². The molecule has 22 heavy (non-hydrogen) atoms. The molecule has 1 N–H and O–H groups in total. The van der Waals surface area contributed by atoms with Crippen molar-refractivity contribution in [2.75, 3.05) is 0 Å². The van der Waals surface area contributed by atoms with E-state index in [1.807, 2.05) is 37.3 Å². The fraction of sp³-hybridized carbons (Fsp3) is 0.100. The molecule has 1 nitrogen and oxygen atoms in total. The molecule has 0 radical (unpaired) electrons. The highest BCUT2D eigenvalue weighted by atomic mass is 19.1. The van der Waals surface area contributed by atoms with Gasteiger partial charge in [0.2, 0.25) is 0 Å². The van der Waals surface area contributed by atoms with E-state index in [-0.39, 0.29) is 11.6 Å². The van der Waals surface area contributed by atoms with Crippen molar-refractivity contribution in [2.24, 2.45) is 0 Å². The lowest BCUT2D eigenvalue weighted by Crippen LogP contribution is -1.90. The van der Waals surface area contributed by atoms with Crippen molar-refractivity contribution in [1.82, 2.24) is 0 Å². The zero-order valence-corrected chi connectivity index (χ0v) is 12.4. The molecule has 0 saturated carbocycles. The number of aromatic hydroxyl groups is 1. The summed E-state index contributed by atoms with van der Waals surface area (Å²) in [6, 6.07) is 20.2. The van der Waals surface area contributed by atoms with Crippen molar-refractivity contribution < 1.29 is 9.50 Å². The van der Waals surface area contributed by atoms with Crippen LogP contribution in [-0.4, -0.2) is 5.11 Å². The molecule has 0 aliphatic rings. The van der Waals surface area contributed by atoms with E-state index in [0.29, 0.717) is 6.42 Å². The second-order valence-electron chi connectivity index (χ2n) is 5.52. The lowest BCUT2D eigenvalue weighted by molar-refractivity contribution is 0.477. The highest BCUT2D eigenvalue weighted by Crippen LogP contribution is 2.31. The highest BCUT2D eigenvalue weighted by molar-refractivity contribution is 5.71. The van der Waals surface area contributed by atoms with Crippen LogP contribution in [0.2, 0.25) is 0 Å². The summed E-state index contributed by atoms with van der Waals surface area (Å²) in [6.07, 6.45) is 0.708. The number of rotatable bonds is 3. The normalized spacial score (nSPS) is 10.6. The van der Waals surface area contributed by atoms with Gasteiger partial charge in [-0.25, -0.2) is 4.39 Å². The number of hydrogen-bond acceptors (Lipinski definition) is 1. The van der Waals surface area contributed by atoms with Crippen LogP contribution in [0.1, 0.15) is 16.7 Å². The third-order valence-corrected chi connectivity index (χ3v) is 3.71. The molecule has 0 aliphatic heterocycles. The lowest BCUT2D eigenvalue weighted by atomic mass is 9.97. The van der Waals surface area contributed by atoms with Gasteiger partial charge in [0, 0.05) is 5.56 Å². The molecule has 0 saturated heterocycles. The molecule has 0 fully saturated rings. The van der Waals surface area contributed by atoms with Crippen molar-refractivity contribution in [2.45, 2.75) is 13.3 Å². The van der Waals surface area contributed by atoms with Gasteiger partial charge in [-0.15, -0.1) is 0 Å². The van der Waals surface area contributed by atoms with Crippen LogP contribution in [0.3, 0.4) is 0 Å². The minimum absolute atomic E-state index is 0.227. The first-order valence-electron chi connectivity index (χ1n) is 7.25. The van der Waals surface area contributed by atoms with Gasteiger partial charge in [0.15, 0.2) is 0 Å². The van der Waals surface area contributed by atoms with Crippen LogP contribution in [0.4, 0.5) is 4.39 Å². The third kappa shape index (κ3) is 3.17. The van der Waals surface area contributed by atoms with Gasteiger partial charge in [0.25, 0.3) is 0 Å². The monoisotopic (exact) mass is 292 g/mol. The van der Waals surface area contributed by atoms with Crippen molar-refractivity contribution >= 4 is 0 Å². The predicted octanol–water partition coefficient (Wildman–Crippen LogP) is 5.10. The first kappa shape index (κ1) is 14.3. The largest absolute Gasteiger partial charge is 0.507 e. The summed E-state index contributed by atoms with van der Waals surface area (Å²) in [7, 11) is 0. The molecule has 3 aromatic carbocycles. The van der Waals surface area contributed by atoms with Crippen LogP contribution >= 0.6 is 0 Å². The Kier molecular flexibility index (Phi) is 3.92. The summed E-state index contributed by atoms with van der Waals surface area (Å²) in [5.74, 6) is 0.0448. The molecule has 0 atom stereocenters. The highest BCUT2D eigenvalue weighted by Gasteiger charge is 2.07. The summed E-state index contributed by atoms with van der Waals surface area (Å²) < 4.78 is 13.0. The molecular weight excluding hydrogens is 275 g/mol. The maximum Gasteiger partial charge on any atom is 0.123 e. The molecule has 0 amide bonds. The van der Waals surface area contributed by atoms with E-state index in [0.717, 1.165) is 27.8 Å². The molecule has 0 bridgehead atoms. The summed E-state index contributed by atoms with van der Waals surface area (Å²) in [4.78, 5) is 0. The Morgan fingerprint density at radius 2 is 1.59 bits per heavy atom. The Balaban J connectivity index is 1.94. The number of benzene rings is 3. The maximum absolute atomic E-state index is 13.0. The maximum atomic E-state index is 13.0. The second-order valence-corrected chi connectivity index (χ2v) is 5.52. The predicted molar refractivity (Wildman–Crippen MR) is 87.5 cm³/mol. The van der Waals surface area contributed by atoms with Crippen molar-refractivity contribution in [3.63, 3.8) is 0 Å². The number of halogens is 1. The molecule has 2 heteroatoms. The Morgan fingerprint density at radius 3 is 2.32 bits per heavy atom. The minimum atomic E-state index is -0.227. The van der Waals surface area contributed by atoms with E-state index in [1.165, 1.54) is 12.1 Å². The van der Waals surface area contributed by atoms with E-state index >= 15 is 0 Å². The minimum Gasteiger partial charge on any atom is -0.507 e. The summed E-state index contributed by atoms with van der Waals surface area (Å²) >= 11 is 0. The van der Waals surface area contributed by atoms with Gasteiger partial charge in [-0.3, -0.25) is 0 Å². The third-order valence-electron chi connectivity index (χ3n) is 3.71. The molecule has 110 valence electrons. The average Bonchev–Trinajstić information content (AvgIpc) is 2.51. The Labute approximate surface area is 129 Å². The zero-order valence-electron chi connectivity index (χ0n) is 12.4. The van der Waals surface area contributed by atoms with Crippen LogP contribution in [0.15, 0.2) is 66.7 Å². The number of aryl methyl sites for hydroxylation is 1. The van der Waals surface area contributed by atoms with Crippen molar-refractivity contribution in [1.29, 1.82) is 0 Å². The van der Waals surface area contributed by atoms with Gasteiger partial charge >= 0.3 is 0 Å². The number of phenols is 1. The first-order chi connectivity index (χ1) is 10.6. The van der Waals surface area contributed by atoms with Gasteiger partial charge < -0.3 is 5.11 Å². The summed E-state index contributed by atoms with van der Waals surface area (Å²) in [5, 5.41) is 10.1. The van der Waals surface area contributed by atoms with Gasteiger partial charge in [0.05, 0.1) is 0 Å².